The Bertz CT molecular complexity index is 644. The Labute approximate surface area is 122 Å². The summed E-state index contributed by atoms with van der Waals surface area (Å²) in [6.45, 7) is 1.40. The molecule has 0 saturated carbocycles. The Kier molecular flexibility index (Phi) is 4.25. The fraction of sp³-hybridized carbons (Fsp3) is 0.143. The van der Waals surface area contributed by atoms with E-state index in [1.807, 2.05) is 0 Å². The van der Waals surface area contributed by atoms with Crippen LogP contribution in [0.3, 0.4) is 0 Å². The molecule has 20 heavy (non-hydrogen) atoms. The quantitative estimate of drug-likeness (QED) is 0.491. The third-order valence-corrected chi connectivity index (χ3v) is 3.57. The zero-order chi connectivity index (χ0) is 15.0. The van der Waals surface area contributed by atoms with Crippen molar-refractivity contribution >= 4 is 23.2 Å². The normalized spacial score (nSPS) is 12.6. The molecule has 106 valence electrons. The van der Waals surface area contributed by atoms with Crippen molar-refractivity contribution in [3.8, 4) is 0 Å². The first-order valence-corrected chi connectivity index (χ1v) is 6.36. The molecule has 0 aromatic heterocycles. The van der Waals surface area contributed by atoms with Crippen LogP contribution in [0.25, 0.3) is 0 Å². The van der Waals surface area contributed by atoms with Gasteiger partial charge in [-0.1, -0.05) is 36.2 Å². The van der Waals surface area contributed by atoms with Crippen LogP contribution in [0.5, 0.6) is 0 Å². The predicted molar refractivity (Wildman–Crippen MR) is 70.3 cm³/mol. The first kappa shape index (κ1) is 15.1. The van der Waals surface area contributed by atoms with Crippen molar-refractivity contribution in [1.82, 2.24) is 0 Å². The number of hydrogen-bond donors (Lipinski definition) is 0. The lowest BCUT2D eigenvalue weighted by atomic mass is 9.92. The summed E-state index contributed by atoms with van der Waals surface area (Å²) in [5, 5.41) is 0.505. The fourth-order valence-electron chi connectivity index (χ4n) is 1.98. The molecule has 2 rings (SSSR count). The molecule has 2 aromatic rings. The van der Waals surface area contributed by atoms with Crippen LogP contribution in [0.4, 0.5) is 17.6 Å². The molecule has 0 aliphatic rings. The van der Waals surface area contributed by atoms with E-state index in [0.717, 1.165) is 0 Å². The molecule has 2 aromatic carbocycles. The molecule has 0 nitrogen and oxygen atoms in total. The van der Waals surface area contributed by atoms with Gasteiger partial charge in [0.2, 0.25) is 0 Å². The van der Waals surface area contributed by atoms with Crippen molar-refractivity contribution in [2.45, 2.75) is 12.8 Å². The largest absolute Gasteiger partial charge is 0.204 e. The van der Waals surface area contributed by atoms with Gasteiger partial charge in [-0.15, -0.1) is 0 Å². The van der Waals surface area contributed by atoms with Crippen LogP contribution in [0, 0.1) is 23.3 Å². The summed E-state index contributed by atoms with van der Waals surface area (Å²) in [6.07, 6.45) is 0. The topological polar surface area (TPSA) is 0 Å². The van der Waals surface area contributed by atoms with Gasteiger partial charge >= 0.3 is 0 Å². The van der Waals surface area contributed by atoms with E-state index in [9.17, 15) is 17.6 Å². The van der Waals surface area contributed by atoms with Gasteiger partial charge < -0.3 is 0 Å². The Morgan fingerprint density at radius 3 is 1.95 bits per heavy atom. The molecule has 0 radical (unpaired) electrons. The van der Waals surface area contributed by atoms with Crippen LogP contribution in [-0.4, -0.2) is 0 Å². The highest BCUT2D eigenvalue weighted by Gasteiger charge is 2.25. The van der Waals surface area contributed by atoms with Crippen molar-refractivity contribution in [2.24, 2.45) is 0 Å². The summed E-state index contributed by atoms with van der Waals surface area (Å²) in [6, 6.07) is 4.49. The molecule has 0 bridgehead atoms. The number of halogens is 6. The van der Waals surface area contributed by atoms with Gasteiger partial charge in [-0.05, 0) is 17.7 Å². The minimum Gasteiger partial charge on any atom is -0.204 e. The lowest BCUT2D eigenvalue weighted by molar-refractivity contribution is 0.435. The zero-order valence-corrected chi connectivity index (χ0v) is 11.7. The van der Waals surface area contributed by atoms with Crippen molar-refractivity contribution in [1.29, 1.82) is 0 Å². The number of rotatable bonds is 2. The first-order chi connectivity index (χ1) is 9.32. The molecule has 1 unspecified atom stereocenters. The second-order valence-electron chi connectivity index (χ2n) is 4.27. The average Bonchev–Trinajstić information content (AvgIpc) is 2.36. The second-order valence-corrected chi connectivity index (χ2v) is 5.11. The monoisotopic (exact) mass is 322 g/mol. The third-order valence-electron chi connectivity index (χ3n) is 3.01. The van der Waals surface area contributed by atoms with Crippen LogP contribution in [0.15, 0.2) is 24.3 Å². The van der Waals surface area contributed by atoms with Crippen LogP contribution in [-0.2, 0) is 0 Å². The molecule has 0 heterocycles. The highest BCUT2D eigenvalue weighted by atomic mass is 35.5. The van der Waals surface area contributed by atoms with Gasteiger partial charge in [0, 0.05) is 27.6 Å². The minimum absolute atomic E-state index is 0.161. The van der Waals surface area contributed by atoms with Crippen LogP contribution in [0.2, 0.25) is 10.0 Å². The summed E-state index contributed by atoms with van der Waals surface area (Å²) in [7, 11) is 0. The lowest BCUT2D eigenvalue weighted by Gasteiger charge is -2.16. The Balaban J connectivity index is 2.62. The molecule has 1 atom stereocenters. The lowest BCUT2D eigenvalue weighted by Crippen LogP contribution is -2.08. The zero-order valence-electron chi connectivity index (χ0n) is 10.2. The maximum atomic E-state index is 13.7. The maximum Gasteiger partial charge on any atom is 0.165 e. The van der Waals surface area contributed by atoms with E-state index in [1.165, 1.54) is 25.1 Å². The van der Waals surface area contributed by atoms with Gasteiger partial charge in [-0.25, -0.2) is 17.6 Å². The van der Waals surface area contributed by atoms with Gasteiger partial charge in [0.1, 0.15) is 0 Å². The number of benzene rings is 2. The third kappa shape index (κ3) is 2.63. The summed E-state index contributed by atoms with van der Waals surface area (Å²) in [5.74, 6) is -6.72. The molecule has 0 aliphatic heterocycles. The minimum atomic E-state index is -1.45. The molecule has 0 fully saturated rings. The number of hydrogen-bond acceptors (Lipinski definition) is 0. The van der Waals surface area contributed by atoms with Crippen LogP contribution >= 0.6 is 23.2 Å². The summed E-state index contributed by atoms with van der Waals surface area (Å²) in [4.78, 5) is 0. The Morgan fingerprint density at radius 2 is 1.45 bits per heavy atom. The highest BCUT2D eigenvalue weighted by Crippen LogP contribution is 2.35. The second kappa shape index (κ2) is 5.62. The van der Waals surface area contributed by atoms with Gasteiger partial charge in [-0.2, -0.15) is 0 Å². The van der Waals surface area contributed by atoms with Gasteiger partial charge in [-0.3, -0.25) is 0 Å². The molecule has 0 amide bonds. The van der Waals surface area contributed by atoms with E-state index in [2.05, 4.69) is 0 Å². The van der Waals surface area contributed by atoms with E-state index in [1.54, 1.807) is 0 Å². The van der Waals surface area contributed by atoms with Crippen molar-refractivity contribution < 1.29 is 17.6 Å². The Hall–Kier alpha value is -1.26. The van der Waals surface area contributed by atoms with Gasteiger partial charge in [0.05, 0.1) is 0 Å². The molecule has 0 saturated heterocycles. The highest BCUT2D eigenvalue weighted by molar-refractivity contribution is 6.35. The van der Waals surface area contributed by atoms with E-state index in [0.29, 0.717) is 10.6 Å². The molecular weight excluding hydrogens is 315 g/mol. The van der Waals surface area contributed by atoms with Crippen molar-refractivity contribution in [3.63, 3.8) is 0 Å². The smallest absolute Gasteiger partial charge is 0.165 e. The van der Waals surface area contributed by atoms with Gasteiger partial charge in [0.25, 0.3) is 0 Å². The predicted octanol–water partition coefficient (Wildman–Crippen LogP) is 5.70. The summed E-state index contributed by atoms with van der Waals surface area (Å²) >= 11 is 11.7. The molecular formula is C14H8Cl2F4. The van der Waals surface area contributed by atoms with E-state index in [4.69, 9.17) is 23.2 Å². The molecule has 0 N–H and O–H groups in total. The molecule has 0 aliphatic carbocycles. The van der Waals surface area contributed by atoms with Crippen molar-refractivity contribution in [2.75, 3.05) is 0 Å². The summed E-state index contributed by atoms with van der Waals surface area (Å²) in [5.41, 5.74) is -0.384. The standard InChI is InChI=1S/C14H8Cl2F4/c1-6(8-3-2-7(15)4-9(8)16)12-13(19)10(17)5-11(18)14(12)20/h2-6H,1H3. The van der Waals surface area contributed by atoms with E-state index in [-0.39, 0.29) is 11.1 Å². The Morgan fingerprint density at radius 1 is 0.900 bits per heavy atom. The SMILES string of the molecule is CC(c1ccc(Cl)cc1Cl)c1c(F)c(F)cc(F)c1F. The fourth-order valence-corrected chi connectivity index (χ4v) is 2.55. The van der Waals surface area contributed by atoms with Crippen LogP contribution in [0.1, 0.15) is 24.0 Å². The summed E-state index contributed by atoms with van der Waals surface area (Å²) < 4.78 is 53.9. The van der Waals surface area contributed by atoms with E-state index < -0.39 is 34.8 Å². The van der Waals surface area contributed by atoms with E-state index >= 15 is 0 Å². The van der Waals surface area contributed by atoms with Crippen LogP contribution < -0.4 is 0 Å². The maximum absolute atomic E-state index is 13.7. The van der Waals surface area contributed by atoms with Crippen molar-refractivity contribution in [3.05, 3.63) is 68.7 Å². The molecule has 6 heteroatoms. The first-order valence-electron chi connectivity index (χ1n) is 5.60. The molecule has 0 spiro atoms. The average molecular weight is 323 g/mol. The van der Waals surface area contributed by atoms with Gasteiger partial charge in [0.15, 0.2) is 23.3 Å².